The van der Waals surface area contributed by atoms with Gasteiger partial charge in [0.2, 0.25) is 11.7 Å². The molecule has 0 aromatic heterocycles. The molecule has 34 heavy (non-hydrogen) atoms. The van der Waals surface area contributed by atoms with Crippen LogP contribution in [0.3, 0.4) is 0 Å². The summed E-state index contributed by atoms with van der Waals surface area (Å²) in [5.74, 6) is 1.40. The molecule has 2 atom stereocenters. The van der Waals surface area contributed by atoms with Gasteiger partial charge in [-0.2, -0.15) is 0 Å². The van der Waals surface area contributed by atoms with Crippen LogP contribution >= 0.6 is 0 Å². The van der Waals surface area contributed by atoms with Crippen LogP contribution in [-0.4, -0.2) is 56.8 Å². The Morgan fingerprint density at radius 1 is 0.794 bits per heavy atom. The number of fused-ring (bicyclic) bond motifs is 10. The lowest BCUT2D eigenvalue weighted by molar-refractivity contribution is -0.158. The Morgan fingerprint density at radius 2 is 1.41 bits per heavy atom. The minimum absolute atomic E-state index is 0.0263. The van der Waals surface area contributed by atoms with Crippen LogP contribution in [0.4, 0.5) is 0 Å². The number of amides is 1. The standard InChI is InChI=1S/C27H39NO6/c1-31-22-17-20-18-23(32-2)25(22)33-15-9-4-10-16-34-27(30)21-13-7-8-14-28(21)26(29)24(20)19-11-5-3-6-12-19/h17-19,21,24H,3-16H2,1-2H3/t21-,24-/m0/s1. The van der Waals surface area contributed by atoms with Crippen molar-refractivity contribution in [3.63, 3.8) is 0 Å². The van der Waals surface area contributed by atoms with Crippen LogP contribution in [-0.2, 0) is 14.3 Å². The zero-order chi connectivity index (χ0) is 23.9. The smallest absolute Gasteiger partial charge is 0.328 e. The number of hydrogen-bond donors (Lipinski definition) is 0. The van der Waals surface area contributed by atoms with E-state index in [1.165, 1.54) is 6.42 Å². The lowest BCUT2D eigenvalue weighted by Crippen LogP contribution is -2.51. The molecule has 1 aliphatic carbocycles. The van der Waals surface area contributed by atoms with E-state index < -0.39 is 6.04 Å². The van der Waals surface area contributed by atoms with Crippen molar-refractivity contribution in [3.05, 3.63) is 17.7 Å². The average molecular weight is 474 g/mol. The van der Waals surface area contributed by atoms with Crippen molar-refractivity contribution in [1.82, 2.24) is 4.90 Å². The fourth-order valence-electron chi connectivity index (χ4n) is 5.75. The molecule has 2 bridgehead atoms. The number of rotatable bonds is 3. The van der Waals surface area contributed by atoms with Gasteiger partial charge in [0.15, 0.2) is 11.5 Å². The average Bonchev–Trinajstić information content (AvgIpc) is 2.88. The van der Waals surface area contributed by atoms with E-state index in [-0.39, 0.29) is 23.7 Å². The molecule has 2 fully saturated rings. The third-order valence-corrected chi connectivity index (χ3v) is 7.57. The summed E-state index contributed by atoms with van der Waals surface area (Å²) in [4.78, 5) is 29.0. The maximum atomic E-state index is 14.2. The molecule has 188 valence electrons. The number of hydrogen-bond acceptors (Lipinski definition) is 6. The first kappa shape index (κ1) is 24.7. The molecule has 1 saturated heterocycles. The maximum absolute atomic E-state index is 14.2. The van der Waals surface area contributed by atoms with Crippen LogP contribution in [0.1, 0.15) is 82.1 Å². The first-order chi connectivity index (χ1) is 16.6. The van der Waals surface area contributed by atoms with Gasteiger partial charge >= 0.3 is 5.97 Å². The molecule has 0 N–H and O–H groups in total. The van der Waals surface area contributed by atoms with E-state index in [0.29, 0.717) is 43.4 Å². The van der Waals surface area contributed by atoms with Gasteiger partial charge in [0.25, 0.3) is 0 Å². The Labute approximate surface area is 203 Å². The van der Waals surface area contributed by atoms with Crippen LogP contribution in [0.15, 0.2) is 12.1 Å². The van der Waals surface area contributed by atoms with Gasteiger partial charge in [-0.1, -0.05) is 19.3 Å². The number of carbonyl (C=O) groups is 2. The number of methoxy groups -OCH3 is 2. The fraction of sp³-hybridized carbons (Fsp3) is 0.704. The van der Waals surface area contributed by atoms with E-state index in [1.807, 2.05) is 12.1 Å². The van der Waals surface area contributed by atoms with Gasteiger partial charge in [0, 0.05) is 6.54 Å². The first-order valence-electron chi connectivity index (χ1n) is 13.0. The molecule has 3 aliphatic heterocycles. The molecular formula is C27H39NO6. The number of esters is 1. The minimum atomic E-state index is -0.494. The number of ether oxygens (including phenoxy) is 4. The number of piperidine rings is 1. The van der Waals surface area contributed by atoms with E-state index in [1.54, 1.807) is 19.1 Å². The van der Waals surface area contributed by atoms with Gasteiger partial charge in [-0.3, -0.25) is 4.79 Å². The molecule has 4 aliphatic rings. The van der Waals surface area contributed by atoms with E-state index >= 15 is 0 Å². The van der Waals surface area contributed by atoms with Crippen molar-refractivity contribution >= 4 is 11.9 Å². The van der Waals surface area contributed by atoms with E-state index in [0.717, 1.165) is 63.4 Å². The predicted octanol–water partition coefficient (Wildman–Crippen LogP) is 4.85. The number of carbonyl (C=O) groups excluding carboxylic acids is 2. The fourth-order valence-corrected chi connectivity index (χ4v) is 5.75. The molecule has 0 spiro atoms. The third kappa shape index (κ3) is 5.44. The second-order valence-corrected chi connectivity index (χ2v) is 9.75. The highest BCUT2D eigenvalue weighted by atomic mass is 16.5. The quantitative estimate of drug-likeness (QED) is 0.584. The summed E-state index contributed by atoms with van der Waals surface area (Å²) < 4.78 is 23.1. The molecular weight excluding hydrogens is 434 g/mol. The Morgan fingerprint density at radius 3 is 2.09 bits per heavy atom. The SMILES string of the molecule is COc1cc2cc(OC)c1OCCCCCOC(=O)[C@@H]1CCCCN1C(=O)[C@H]2C1CCCCC1. The molecule has 3 heterocycles. The molecule has 7 nitrogen and oxygen atoms in total. The molecule has 1 aromatic carbocycles. The molecule has 0 unspecified atom stereocenters. The van der Waals surface area contributed by atoms with Crippen LogP contribution in [0.25, 0.3) is 0 Å². The van der Waals surface area contributed by atoms with Crippen molar-refractivity contribution in [1.29, 1.82) is 0 Å². The summed E-state index contributed by atoms with van der Waals surface area (Å²) in [6.45, 7) is 1.49. The van der Waals surface area contributed by atoms with Crippen LogP contribution in [0.5, 0.6) is 17.2 Å². The second kappa shape index (κ2) is 11.8. The van der Waals surface area contributed by atoms with E-state index in [4.69, 9.17) is 18.9 Å². The normalized spacial score (nSPS) is 25.3. The van der Waals surface area contributed by atoms with Gasteiger partial charge in [0.05, 0.1) is 33.4 Å². The Hall–Kier alpha value is -2.44. The summed E-state index contributed by atoms with van der Waals surface area (Å²) in [5.41, 5.74) is 0.878. The monoisotopic (exact) mass is 473 g/mol. The van der Waals surface area contributed by atoms with Crippen molar-refractivity contribution in [3.8, 4) is 17.2 Å². The van der Waals surface area contributed by atoms with Gasteiger partial charge < -0.3 is 23.8 Å². The Balaban J connectivity index is 1.78. The Kier molecular flexibility index (Phi) is 8.57. The number of nitrogens with zero attached hydrogens (tertiary/aromatic N) is 1. The third-order valence-electron chi connectivity index (χ3n) is 7.57. The van der Waals surface area contributed by atoms with Crippen molar-refractivity contribution in [2.24, 2.45) is 5.92 Å². The summed E-state index contributed by atoms with van der Waals surface area (Å²) in [6.07, 6.45) is 10.5. The van der Waals surface area contributed by atoms with Crippen LogP contribution < -0.4 is 14.2 Å². The summed E-state index contributed by atoms with van der Waals surface area (Å²) >= 11 is 0. The summed E-state index contributed by atoms with van der Waals surface area (Å²) in [6, 6.07) is 3.39. The first-order valence-corrected chi connectivity index (χ1v) is 13.0. The Bertz CT molecular complexity index is 825. The highest BCUT2D eigenvalue weighted by molar-refractivity contribution is 5.89. The molecule has 5 rings (SSSR count). The van der Waals surface area contributed by atoms with Crippen molar-refractivity contribution < 1.29 is 28.5 Å². The largest absolute Gasteiger partial charge is 0.493 e. The van der Waals surface area contributed by atoms with Crippen molar-refractivity contribution in [2.45, 2.75) is 82.6 Å². The maximum Gasteiger partial charge on any atom is 0.328 e. The highest BCUT2D eigenvalue weighted by Crippen LogP contribution is 2.45. The highest BCUT2D eigenvalue weighted by Gasteiger charge is 2.40. The zero-order valence-corrected chi connectivity index (χ0v) is 20.7. The molecule has 7 heteroatoms. The second-order valence-electron chi connectivity index (χ2n) is 9.75. The van der Waals surface area contributed by atoms with Gasteiger partial charge in [-0.15, -0.1) is 0 Å². The summed E-state index contributed by atoms with van der Waals surface area (Å²) in [7, 11) is 3.25. The van der Waals surface area contributed by atoms with Crippen molar-refractivity contribution in [2.75, 3.05) is 34.0 Å². The lowest BCUT2D eigenvalue weighted by atomic mass is 9.75. The summed E-state index contributed by atoms with van der Waals surface area (Å²) in [5, 5.41) is 0. The van der Waals surface area contributed by atoms with E-state index in [9.17, 15) is 9.59 Å². The minimum Gasteiger partial charge on any atom is -0.493 e. The van der Waals surface area contributed by atoms with Gasteiger partial charge in [-0.05, 0) is 75.0 Å². The topological polar surface area (TPSA) is 74.3 Å². The lowest BCUT2D eigenvalue weighted by Gasteiger charge is -2.39. The molecule has 1 saturated carbocycles. The number of benzene rings is 1. The zero-order valence-electron chi connectivity index (χ0n) is 20.7. The van der Waals surface area contributed by atoms with Gasteiger partial charge in [0.1, 0.15) is 6.04 Å². The molecule has 1 aromatic rings. The predicted molar refractivity (Wildman–Crippen MR) is 129 cm³/mol. The molecule has 1 amide bonds. The van der Waals surface area contributed by atoms with Crippen LogP contribution in [0, 0.1) is 5.92 Å². The van der Waals surface area contributed by atoms with Crippen LogP contribution in [0.2, 0.25) is 0 Å². The van der Waals surface area contributed by atoms with Gasteiger partial charge in [-0.25, -0.2) is 4.79 Å². The molecule has 0 radical (unpaired) electrons. The van der Waals surface area contributed by atoms with E-state index in [2.05, 4.69) is 0 Å².